The van der Waals surface area contributed by atoms with E-state index in [1.54, 1.807) is 0 Å². The lowest BCUT2D eigenvalue weighted by atomic mass is 9.82. The van der Waals surface area contributed by atoms with Crippen LogP contribution in [0.15, 0.2) is 24.4 Å². The molecule has 0 bridgehead atoms. The molecule has 2 fully saturated rings. The number of aromatic nitrogens is 1. The van der Waals surface area contributed by atoms with E-state index in [4.69, 9.17) is 0 Å². The van der Waals surface area contributed by atoms with Gasteiger partial charge in [-0.05, 0) is 69.2 Å². The van der Waals surface area contributed by atoms with E-state index in [9.17, 15) is 0 Å². The first kappa shape index (κ1) is 16.9. The van der Waals surface area contributed by atoms with Crippen molar-refractivity contribution in [1.82, 2.24) is 15.2 Å². The second-order valence-corrected chi connectivity index (χ2v) is 7.72. The summed E-state index contributed by atoms with van der Waals surface area (Å²) in [5.74, 6) is 1.81. The van der Waals surface area contributed by atoms with Gasteiger partial charge in [-0.25, -0.2) is 0 Å². The minimum atomic E-state index is 0.726. The van der Waals surface area contributed by atoms with Crippen LogP contribution < -0.4 is 5.32 Å². The molecule has 0 aromatic carbocycles. The molecule has 3 nitrogen and oxygen atoms in total. The van der Waals surface area contributed by atoms with Crippen molar-refractivity contribution < 1.29 is 0 Å². The van der Waals surface area contributed by atoms with Gasteiger partial charge in [-0.2, -0.15) is 0 Å². The molecular weight excluding hydrogens is 282 g/mol. The number of pyridine rings is 1. The maximum atomic E-state index is 4.59. The summed E-state index contributed by atoms with van der Waals surface area (Å²) in [7, 11) is 0. The van der Waals surface area contributed by atoms with Crippen LogP contribution in [0.2, 0.25) is 0 Å². The Morgan fingerprint density at radius 2 is 2.09 bits per heavy atom. The van der Waals surface area contributed by atoms with Gasteiger partial charge < -0.3 is 5.32 Å². The predicted molar refractivity (Wildman–Crippen MR) is 96.3 cm³/mol. The molecule has 0 radical (unpaired) electrons. The fraction of sp³-hybridized carbons (Fsp3) is 0.750. The van der Waals surface area contributed by atoms with E-state index in [1.807, 2.05) is 12.3 Å². The van der Waals surface area contributed by atoms with Crippen LogP contribution in [0.25, 0.3) is 0 Å². The highest BCUT2D eigenvalue weighted by molar-refractivity contribution is 5.03. The normalized spacial score (nSPS) is 29.4. The lowest BCUT2D eigenvalue weighted by Crippen LogP contribution is -2.40. The van der Waals surface area contributed by atoms with Gasteiger partial charge >= 0.3 is 0 Å². The topological polar surface area (TPSA) is 28.2 Å². The Balaban J connectivity index is 1.66. The molecule has 2 heterocycles. The molecule has 3 rings (SSSR count). The van der Waals surface area contributed by atoms with Crippen LogP contribution in [-0.2, 0) is 6.54 Å². The largest absolute Gasteiger partial charge is 0.317 e. The van der Waals surface area contributed by atoms with Gasteiger partial charge in [0.1, 0.15) is 0 Å². The van der Waals surface area contributed by atoms with Crippen LogP contribution in [0, 0.1) is 11.8 Å². The minimum Gasteiger partial charge on any atom is -0.317 e. The van der Waals surface area contributed by atoms with Crippen LogP contribution in [-0.4, -0.2) is 35.6 Å². The van der Waals surface area contributed by atoms with Crippen LogP contribution in [0.5, 0.6) is 0 Å². The summed E-state index contributed by atoms with van der Waals surface area (Å²) in [6.07, 6.45) is 11.6. The second kappa shape index (κ2) is 8.79. The lowest BCUT2D eigenvalue weighted by Gasteiger charge is -2.36. The zero-order valence-electron chi connectivity index (χ0n) is 14.7. The second-order valence-electron chi connectivity index (χ2n) is 7.72. The zero-order valence-corrected chi connectivity index (χ0v) is 14.7. The maximum absolute atomic E-state index is 4.59. The highest BCUT2D eigenvalue weighted by atomic mass is 15.2. The minimum absolute atomic E-state index is 0.726. The third-order valence-electron chi connectivity index (χ3n) is 5.69. The summed E-state index contributed by atoms with van der Waals surface area (Å²) in [6.45, 7) is 7.09. The summed E-state index contributed by atoms with van der Waals surface area (Å²) in [5.41, 5.74) is 1.23. The molecule has 0 amide bonds. The Morgan fingerprint density at radius 3 is 2.91 bits per heavy atom. The van der Waals surface area contributed by atoms with Gasteiger partial charge in [0.25, 0.3) is 0 Å². The van der Waals surface area contributed by atoms with Crippen molar-refractivity contribution in [3.63, 3.8) is 0 Å². The van der Waals surface area contributed by atoms with Crippen molar-refractivity contribution in [1.29, 1.82) is 0 Å². The van der Waals surface area contributed by atoms with Crippen molar-refractivity contribution in [3.8, 4) is 0 Å². The van der Waals surface area contributed by atoms with E-state index in [2.05, 4.69) is 34.3 Å². The Labute approximate surface area is 141 Å². The summed E-state index contributed by atoms with van der Waals surface area (Å²) in [6, 6.07) is 7.06. The fourth-order valence-electron chi connectivity index (χ4n) is 4.47. The molecule has 23 heavy (non-hydrogen) atoms. The van der Waals surface area contributed by atoms with Crippen LogP contribution in [0.1, 0.15) is 57.6 Å². The van der Waals surface area contributed by atoms with Crippen molar-refractivity contribution in [2.75, 3.05) is 19.6 Å². The molecule has 2 aliphatic rings. The third-order valence-corrected chi connectivity index (χ3v) is 5.69. The molecule has 3 unspecified atom stereocenters. The van der Waals surface area contributed by atoms with E-state index in [-0.39, 0.29) is 0 Å². The Morgan fingerprint density at radius 1 is 1.13 bits per heavy atom. The summed E-state index contributed by atoms with van der Waals surface area (Å²) >= 11 is 0. The monoisotopic (exact) mass is 315 g/mol. The molecule has 3 heteroatoms. The highest BCUT2D eigenvalue weighted by Crippen LogP contribution is 2.30. The van der Waals surface area contributed by atoms with Crippen molar-refractivity contribution in [2.24, 2.45) is 11.8 Å². The van der Waals surface area contributed by atoms with Crippen LogP contribution in [0.3, 0.4) is 0 Å². The Bertz CT molecular complexity index is 439. The quantitative estimate of drug-likeness (QED) is 0.894. The van der Waals surface area contributed by atoms with Crippen LogP contribution >= 0.6 is 0 Å². The Hall–Kier alpha value is -0.930. The van der Waals surface area contributed by atoms with E-state index < -0.39 is 0 Å². The molecular formula is C20H33N3. The fourth-order valence-corrected chi connectivity index (χ4v) is 4.47. The van der Waals surface area contributed by atoms with E-state index in [0.29, 0.717) is 0 Å². The average Bonchev–Trinajstić information content (AvgIpc) is 2.84. The van der Waals surface area contributed by atoms with E-state index in [0.717, 1.165) is 24.4 Å². The van der Waals surface area contributed by atoms with Gasteiger partial charge in [0.05, 0.1) is 5.69 Å². The smallest absolute Gasteiger partial charge is 0.0544 e. The number of nitrogens with one attached hydrogen (secondary N) is 1. The van der Waals surface area contributed by atoms with Crippen LogP contribution in [0.4, 0.5) is 0 Å². The average molecular weight is 316 g/mol. The SMILES string of the molecule is CC1CCCC(CN(Cc2ccccn2)C2CCCNCC2)C1. The zero-order chi connectivity index (χ0) is 15.9. The molecule has 3 atom stereocenters. The first-order valence-corrected chi connectivity index (χ1v) is 9.66. The molecule has 0 spiro atoms. The first-order chi connectivity index (χ1) is 11.3. The molecule has 1 saturated carbocycles. The number of rotatable bonds is 5. The van der Waals surface area contributed by atoms with Gasteiger partial charge in [0.2, 0.25) is 0 Å². The van der Waals surface area contributed by atoms with Gasteiger partial charge in [0, 0.05) is 25.3 Å². The molecule has 1 aliphatic heterocycles. The molecule has 1 saturated heterocycles. The molecule has 1 aliphatic carbocycles. The van der Waals surface area contributed by atoms with E-state index >= 15 is 0 Å². The molecule has 128 valence electrons. The van der Waals surface area contributed by atoms with Gasteiger partial charge in [-0.1, -0.05) is 25.8 Å². The van der Waals surface area contributed by atoms with Gasteiger partial charge in [-0.15, -0.1) is 0 Å². The summed E-state index contributed by atoms with van der Waals surface area (Å²) in [4.78, 5) is 7.35. The number of hydrogen-bond acceptors (Lipinski definition) is 3. The van der Waals surface area contributed by atoms with Crippen molar-refractivity contribution in [2.45, 2.75) is 64.5 Å². The Kier molecular flexibility index (Phi) is 6.46. The molecule has 1 N–H and O–H groups in total. The van der Waals surface area contributed by atoms with E-state index in [1.165, 1.54) is 70.3 Å². The highest BCUT2D eigenvalue weighted by Gasteiger charge is 2.26. The van der Waals surface area contributed by atoms with Gasteiger partial charge in [0.15, 0.2) is 0 Å². The number of nitrogens with zero attached hydrogens (tertiary/aromatic N) is 2. The lowest BCUT2D eigenvalue weighted by molar-refractivity contribution is 0.119. The summed E-state index contributed by atoms with van der Waals surface area (Å²) in [5, 5.41) is 3.56. The third kappa shape index (κ3) is 5.29. The van der Waals surface area contributed by atoms with Crippen molar-refractivity contribution in [3.05, 3.63) is 30.1 Å². The standard InChI is InChI=1S/C20H33N3/c1-17-6-4-7-18(14-17)15-23(16-19-8-2-3-12-22-19)20-9-5-11-21-13-10-20/h2-3,8,12,17-18,20-21H,4-7,9-11,13-16H2,1H3. The van der Waals surface area contributed by atoms with Crippen molar-refractivity contribution >= 4 is 0 Å². The first-order valence-electron chi connectivity index (χ1n) is 9.66. The molecule has 1 aromatic rings. The summed E-state index contributed by atoms with van der Waals surface area (Å²) < 4.78 is 0. The maximum Gasteiger partial charge on any atom is 0.0544 e. The van der Waals surface area contributed by atoms with Gasteiger partial charge in [-0.3, -0.25) is 9.88 Å². The molecule has 1 aromatic heterocycles. The predicted octanol–water partition coefficient (Wildman–Crippen LogP) is 3.85. The number of hydrogen-bond donors (Lipinski definition) is 1.